The Morgan fingerprint density at radius 3 is 2.19 bits per heavy atom. The summed E-state index contributed by atoms with van der Waals surface area (Å²) in [5.41, 5.74) is 1.48. The van der Waals surface area contributed by atoms with Gasteiger partial charge in [0.05, 0.1) is 32.5 Å². The smallest absolute Gasteiger partial charge is 0.186 e. The molecule has 248 valence electrons. The highest BCUT2D eigenvalue weighted by Crippen LogP contribution is 2.62. The molecule has 12 heteroatoms. The number of aliphatic hydroxyl groups excluding tert-OH is 8. The Balaban J connectivity index is 1.44. The van der Waals surface area contributed by atoms with Gasteiger partial charge in [-0.25, -0.2) is 0 Å². The third-order valence-electron chi connectivity index (χ3n) is 10.8. The van der Waals surface area contributed by atoms with Gasteiger partial charge in [-0.2, -0.15) is 0 Å². The van der Waals surface area contributed by atoms with Crippen molar-refractivity contribution < 1.29 is 59.8 Å². The van der Waals surface area contributed by atoms with Gasteiger partial charge >= 0.3 is 0 Å². The van der Waals surface area contributed by atoms with E-state index in [2.05, 4.69) is 13.5 Å². The number of aliphatic hydroxyl groups is 8. The predicted octanol–water partition coefficient (Wildman–Crippen LogP) is -0.265. The topological polar surface area (TPSA) is 199 Å². The van der Waals surface area contributed by atoms with Crippen molar-refractivity contribution >= 4 is 0 Å². The first kappa shape index (κ1) is 34.9. The number of hydrogen-bond acceptors (Lipinski definition) is 12. The van der Waals surface area contributed by atoms with Crippen molar-refractivity contribution in [3.05, 3.63) is 23.8 Å². The third-order valence-corrected chi connectivity index (χ3v) is 10.8. The summed E-state index contributed by atoms with van der Waals surface area (Å²) in [7, 11) is 0. The maximum absolute atomic E-state index is 11.3. The second-order valence-corrected chi connectivity index (χ2v) is 13.5. The lowest BCUT2D eigenvalue weighted by atomic mass is 9.46. The van der Waals surface area contributed by atoms with E-state index in [9.17, 15) is 40.9 Å². The molecule has 8 N–H and O–H groups in total. The molecule has 4 rings (SSSR count). The van der Waals surface area contributed by atoms with E-state index in [1.807, 2.05) is 19.9 Å². The van der Waals surface area contributed by atoms with Crippen LogP contribution in [0.2, 0.25) is 0 Å². The Bertz CT molecular complexity index is 976. The van der Waals surface area contributed by atoms with Crippen LogP contribution in [0, 0.1) is 22.7 Å². The van der Waals surface area contributed by atoms with Gasteiger partial charge in [-0.05, 0) is 62.7 Å². The fourth-order valence-corrected chi connectivity index (χ4v) is 7.99. The highest BCUT2D eigenvalue weighted by molar-refractivity contribution is 5.18. The van der Waals surface area contributed by atoms with Gasteiger partial charge in [0.2, 0.25) is 0 Å². The normalized spacial score (nSPS) is 47.5. The second kappa shape index (κ2) is 14.2. The van der Waals surface area contributed by atoms with Crippen LogP contribution in [0.4, 0.5) is 0 Å². The van der Waals surface area contributed by atoms with E-state index in [1.165, 1.54) is 5.57 Å². The number of fused-ring (bicyclic) bond motifs is 1. The molecule has 4 fully saturated rings. The number of allylic oxidation sites excluding steroid dienone is 2. The van der Waals surface area contributed by atoms with Gasteiger partial charge in [0, 0.05) is 5.41 Å². The molecule has 0 bridgehead atoms. The molecule has 2 heterocycles. The zero-order valence-corrected chi connectivity index (χ0v) is 25.5. The van der Waals surface area contributed by atoms with E-state index >= 15 is 0 Å². The average molecular weight is 617 g/mol. The van der Waals surface area contributed by atoms with Crippen molar-refractivity contribution in [3.8, 4) is 0 Å². The van der Waals surface area contributed by atoms with E-state index in [0.717, 1.165) is 37.7 Å². The Morgan fingerprint density at radius 2 is 1.53 bits per heavy atom. The lowest BCUT2D eigenvalue weighted by Crippen LogP contribution is -2.61. The van der Waals surface area contributed by atoms with Gasteiger partial charge in [0.1, 0.15) is 42.7 Å². The molecule has 4 aliphatic rings. The van der Waals surface area contributed by atoms with Crippen molar-refractivity contribution in [3.63, 3.8) is 0 Å². The largest absolute Gasteiger partial charge is 0.394 e. The summed E-state index contributed by atoms with van der Waals surface area (Å²) in [6.07, 6.45) is -6.43. The zero-order valence-electron chi connectivity index (χ0n) is 25.5. The fraction of sp³-hybridized carbons (Fsp3) is 0.871. The molecule has 0 radical (unpaired) electrons. The molecule has 14 atom stereocenters. The minimum atomic E-state index is -1.62. The number of rotatable bonds is 11. The van der Waals surface area contributed by atoms with Crippen molar-refractivity contribution in [2.24, 2.45) is 22.7 Å². The minimum absolute atomic E-state index is 0.0103. The van der Waals surface area contributed by atoms with Crippen LogP contribution in [-0.4, -0.2) is 129 Å². The van der Waals surface area contributed by atoms with Crippen molar-refractivity contribution in [2.75, 3.05) is 26.4 Å². The summed E-state index contributed by atoms with van der Waals surface area (Å²) in [5.74, 6) is 0.302. The Morgan fingerprint density at radius 1 is 0.907 bits per heavy atom. The molecule has 0 amide bonds. The van der Waals surface area contributed by atoms with Crippen molar-refractivity contribution in [1.82, 2.24) is 0 Å². The van der Waals surface area contributed by atoms with Crippen LogP contribution in [0.15, 0.2) is 23.8 Å². The SMILES string of the molecule is C=C1CC[C@@H]2[C@](C)(CO[C@H]3O[C@@H](CO[C@H]4O[C@@H](CO)[C@@H](O)[C@H]4O)[C@@H](O)[C@@H](O)[C@H]3O)[C@@H](O)CC[C@]2(C)[C@H]1CC/C(C)=C\CO. The molecular formula is C31H52O12. The molecule has 43 heavy (non-hydrogen) atoms. The summed E-state index contributed by atoms with van der Waals surface area (Å²) >= 11 is 0. The first-order valence-corrected chi connectivity index (χ1v) is 15.5. The first-order valence-electron chi connectivity index (χ1n) is 15.5. The van der Waals surface area contributed by atoms with Crippen LogP contribution >= 0.6 is 0 Å². The third kappa shape index (κ3) is 6.91. The predicted molar refractivity (Wildman–Crippen MR) is 153 cm³/mol. The Hall–Kier alpha value is -1.00. The summed E-state index contributed by atoms with van der Waals surface area (Å²) in [4.78, 5) is 0. The van der Waals surface area contributed by atoms with Gasteiger partial charge in [0.15, 0.2) is 12.6 Å². The first-order chi connectivity index (χ1) is 20.3. The van der Waals surface area contributed by atoms with Crippen LogP contribution < -0.4 is 0 Å². The molecule has 2 saturated heterocycles. The lowest BCUT2D eigenvalue weighted by Gasteiger charge is -2.60. The average Bonchev–Trinajstić information content (AvgIpc) is 3.25. The van der Waals surface area contributed by atoms with Gasteiger partial charge in [-0.3, -0.25) is 0 Å². The molecule has 0 spiro atoms. The molecule has 0 aromatic heterocycles. The second-order valence-electron chi connectivity index (χ2n) is 13.5. The standard InChI is InChI=1S/C31H52O12/c1-16(10-12-32)5-7-18-17(2)6-8-21-30(18,3)11-9-22(34)31(21,4)15-41-29-27(39)25(37)24(36)20(43-29)14-40-28-26(38)23(35)19(13-33)42-28/h10,18-29,32-39H,2,5-9,11-15H2,1,3-4H3/b16-10-/t18-,19-,20-,21-,22-,23+,24+,25+,26+,27+,28-,29-,30+,31-/m0/s1. The summed E-state index contributed by atoms with van der Waals surface area (Å²) < 4.78 is 22.8. The van der Waals surface area contributed by atoms with Crippen LogP contribution in [0.25, 0.3) is 0 Å². The summed E-state index contributed by atoms with van der Waals surface area (Å²) in [6, 6.07) is 0. The monoisotopic (exact) mass is 616 g/mol. The lowest BCUT2D eigenvalue weighted by molar-refractivity contribution is -0.320. The molecular weight excluding hydrogens is 564 g/mol. The maximum atomic E-state index is 11.3. The molecule has 2 saturated carbocycles. The van der Waals surface area contributed by atoms with E-state index in [0.29, 0.717) is 6.42 Å². The van der Waals surface area contributed by atoms with E-state index in [-0.39, 0.29) is 37.1 Å². The van der Waals surface area contributed by atoms with Crippen molar-refractivity contribution in [2.45, 2.75) is 121 Å². The van der Waals surface area contributed by atoms with Gasteiger partial charge in [-0.15, -0.1) is 0 Å². The number of hydrogen-bond donors (Lipinski definition) is 8. The quantitative estimate of drug-likeness (QED) is 0.142. The Kier molecular flexibility index (Phi) is 11.5. The van der Waals surface area contributed by atoms with Crippen LogP contribution in [-0.2, 0) is 18.9 Å². The van der Waals surface area contributed by atoms with Gasteiger partial charge in [0.25, 0.3) is 0 Å². The maximum Gasteiger partial charge on any atom is 0.186 e. The van der Waals surface area contributed by atoms with E-state index in [1.54, 1.807) is 0 Å². The van der Waals surface area contributed by atoms with Crippen LogP contribution in [0.1, 0.15) is 59.3 Å². The van der Waals surface area contributed by atoms with E-state index < -0.39 is 73.4 Å². The zero-order chi connectivity index (χ0) is 31.7. The summed E-state index contributed by atoms with van der Waals surface area (Å²) in [5, 5.41) is 81.9. The van der Waals surface area contributed by atoms with Crippen LogP contribution in [0.5, 0.6) is 0 Å². The number of ether oxygens (including phenoxy) is 4. The van der Waals surface area contributed by atoms with Gasteiger partial charge < -0.3 is 59.8 Å². The molecule has 0 aromatic carbocycles. The highest BCUT2D eigenvalue weighted by Gasteiger charge is 2.58. The molecule has 12 nitrogen and oxygen atoms in total. The molecule has 2 aliphatic heterocycles. The van der Waals surface area contributed by atoms with Crippen LogP contribution in [0.3, 0.4) is 0 Å². The molecule has 0 aromatic rings. The molecule has 2 aliphatic carbocycles. The van der Waals surface area contributed by atoms with E-state index in [4.69, 9.17) is 18.9 Å². The van der Waals surface area contributed by atoms with Gasteiger partial charge in [-0.1, -0.05) is 37.6 Å². The Labute approximate surface area is 253 Å². The molecule has 0 unspecified atom stereocenters. The summed E-state index contributed by atoms with van der Waals surface area (Å²) in [6.45, 7) is 9.83. The highest BCUT2D eigenvalue weighted by atomic mass is 16.7. The minimum Gasteiger partial charge on any atom is -0.394 e. The van der Waals surface area contributed by atoms with Crippen molar-refractivity contribution in [1.29, 1.82) is 0 Å². The fourth-order valence-electron chi connectivity index (χ4n) is 7.99.